The zero-order valence-electron chi connectivity index (χ0n) is 18.5. The number of imide groups is 1. The van der Waals surface area contributed by atoms with E-state index in [0.717, 1.165) is 4.90 Å². The van der Waals surface area contributed by atoms with Gasteiger partial charge in [0.15, 0.2) is 0 Å². The number of carbonyl (C=O) groups is 3. The molecule has 1 aromatic carbocycles. The number of ether oxygens (including phenoxy) is 2. The fourth-order valence-electron chi connectivity index (χ4n) is 3.88. The van der Waals surface area contributed by atoms with Crippen molar-refractivity contribution in [1.82, 2.24) is 14.5 Å². The molecule has 0 aromatic heterocycles. The van der Waals surface area contributed by atoms with Crippen molar-refractivity contribution in [2.75, 3.05) is 45.6 Å². The molecule has 2 atom stereocenters. The Morgan fingerprint density at radius 2 is 1.81 bits per heavy atom. The van der Waals surface area contributed by atoms with Crippen LogP contribution in [0.15, 0.2) is 18.2 Å². The van der Waals surface area contributed by atoms with E-state index in [1.807, 2.05) is 13.8 Å². The second kappa shape index (κ2) is 10.1. The lowest BCUT2D eigenvalue weighted by molar-refractivity contribution is -0.0440. The molecule has 1 aromatic rings. The van der Waals surface area contributed by atoms with E-state index in [2.05, 4.69) is 5.32 Å². The van der Waals surface area contributed by atoms with E-state index in [1.54, 1.807) is 7.11 Å². The van der Waals surface area contributed by atoms with Crippen LogP contribution >= 0.6 is 0 Å². The number of fused-ring (bicyclic) bond motifs is 1. The molecular formula is C21H29N3O7S. The Kier molecular flexibility index (Phi) is 7.65. The fraction of sp³-hybridized carbons (Fsp3) is 0.571. The van der Waals surface area contributed by atoms with Gasteiger partial charge in [-0.25, -0.2) is 8.42 Å². The molecule has 2 aliphatic rings. The van der Waals surface area contributed by atoms with Gasteiger partial charge in [0, 0.05) is 45.5 Å². The number of carbonyl (C=O) groups excluding carboxylic acids is 3. The summed E-state index contributed by atoms with van der Waals surface area (Å²) in [6.07, 6.45) is 0.137. The Hall–Kier alpha value is -2.34. The van der Waals surface area contributed by atoms with Gasteiger partial charge in [0.25, 0.3) is 17.7 Å². The molecule has 0 spiro atoms. The smallest absolute Gasteiger partial charge is 0.261 e. The Morgan fingerprint density at radius 3 is 2.47 bits per heavy atom. The van der Waals surface area contributed by atoms with Crippen molar-refractivity contribution in [3.8, 4) is 0 Å². The number of nitrogens with zero attached hydrogens (tertiary/aromatic N) is 2. The van der Waals surface area contributed by atoms with Crippen molar-refractivity contribution >= 4 is 27.7 Å². The first-order valence-electron chi connectivity index (χ1n) is 10.5. The average molecular weight is 468 g/mol. The molecule has 11 heteroatoms. The molecule has 2 aliphatic heterocycles. The van der Waals surface area contributed by atoms with E-state index in [9.17, 15) is 22.8 Å². The van der Waals surface area contributed by atoms with Crippen LogP contribution in [-0.4, -0.2) is 93.2 Å². The quantitative estimate of drug-likeness (QED) is 0.414. The number of amides is 3. The third-order valence-corrected chi connectivity index (χ3v) is 7.19. The molecule has 176 valence electrons. The largest absolute Gasteiger partial charge is 0.385 e. The van der Waals surface area contributed by atoms with Crippen molar-refractivity contribution in [2.45, 2.75) is 32.5 Å². The lowest BCUT2D eigenvalue weighted by atomic mass is 10.1. The summed E-state index contributed by atoms with van der Waals surface area (Å²) in [7, 11) is -2.01. The molecule has 0 aliphatic carbocycles. The molecule has 1 N–H and O–H groups in total. The minimum absolute atomic E-state index is 0.0750. The van der Waals surface area contributed by atoms with Gasteiger partial charge in [-0.15, -0.1) is 0 Å². The molecule has 1 fully saturated rings. The van der Waals surface area contributed by atoms with Crippen LogP contribution in [0, 0.1) is 0 Å². The highest BCUT2D eigenvalue weighted by Gasteiger charge is 2.35. The molecule has 0 saturated carbocycles. The average Bonchev–Trinajstić information content (AvgIpc) is 2.97. The number of methoxy groups -OCH3 is 1. The summed E-state index contributed by atoms with van der Waals surface area (Å²) in [6.45, 7) is 4.78. The third kappa shape index (κ3) is 5.34. The number of sulfonamides is 1. The standard InChI is InChI=1S/C21H29N3O7S/c1-14-12-23(13-15(2)31-14)32(28,29)10-7-22-19(25)16-5-6-17-18(11-16)21(27)24(20(17)26)8-4-9-30-3/h5-6,11,14-15H,4,7-10,12-13H2,1-3H3,(H,22,25). The Labute approximate surface area is 187 Å². The predicted octanol–water partition coefficient (Wildman–Crippen LogP) is 0.488. The van der Waals surface area contributed by atoms with E-state index < -0.39 is 27.7 Å². The van der Waals surface area contributed by atoms with Crippen LogP contribution in [-0.2, 0) is 19.5 Å². The number of morpholine rings is 1. The zero-order chi connectivity index (χ0) is 23.5. The minimum atomic E-state index is -3.55. The number of nitrogens with one attached hydrogen (secondary N) is 1. The number of rotatable bonds is 9. The van der Waals surface area contributed by atoms with Gasteiger partial charge < -0.3 is 14.8 Å². The van der Waals surface area contributed by atoms with Gasteiger partial charge in [-0.3, -0.25) is 19.3 Å². The van der Waals surface area contributed by atoms with Gasteiger partial charge in [0.2, 0.25) is 10.0 Å². The third-order valence-electron chi connectivity index (χ3n) is 5.39. The molecule has 1 saturated heterocycles. The molecule has 32 heavy (non-hydrogen) atoms. The molecule has 2 unspecified atom stereocenters. The van der Waals surface area contributed by atoms with Gasteiger partial charge in [-0.05, 0) is 38.5 Å². The van der Waals surface area contributed by atoms with Gasteiger partial charge >= 0.3 is 0 Å². The maximum absolute atomic E-state index is 12.6. The Bertz CT molecular complexity index is 985. The highest BCUT2D eigenvalue weighted by Crippen LogP contribution is 2.24. The predicted molar refractivity (Wildman–Crippen MR) is 116 cm³/mol. The highest BCUT2D eigenvalue weighted by molar-refractivity contribution is 7.89. The highest BCUT2D eigenvalue weighted by atomic mass is 32.2. The Morgan fingerprint density at radius 1 is 1.16 bits per heavy atom. The van der Waals surface area contributed by atoms with Crippen LogP contribution in [0.4, 0.5) is 0 Å². The summed E-state index contributed by atoms with van der Waals surface area (Å²) in [4.78, 5) is 38.7. The van der Waals surface area contributed by atoms with E-state index >= 15 is 0 Å². The van der Waals surface area contributed by atoms with Gasteiger partial charge in [-0.2, -0.15) is 4.31 Å². The summed E-state index contributed by atoms with van der Waals surface area (Å²) in [5, 5.41) is 2.58. The van der Waals surface area contributed by atoms with E-state index in [-0.39, 0.29) is 60.8 Å². The molecule has 0 bridgehead atoms. The SMILES string of the molecule is COCCCN1C(=O)c2ccc(C(=O)NCCS(=O)(=O)N3CC(C)OC(C)C3)cc2C1=O. The summed E-state index contributed by atoms with van der Waals surface area (Å²) in [5.74, 6) is -1.60. The van der Waals surface area contributed by atoms with Crippen LogP contribution in [0.1, 0.15) is 51.3 Å². The number of hydrogen-bond acceptors (Lipinski definition) is 7. The molecule has 10 nitrogen and oxygen atoms in total. The first-order valence-corrected chi connectivity index (χ1v) is 12.2. The summed E-state index contributed by atoms with van der Waals surface area (Å²) in [6, 6.07) is 4.28. The van der Waals surface area contributed by atoms with Gasteiger partial charge in [0.05, 0.1) is 29.1 Å². The topological polar surface area (TPSA) is 122 Å². The summed E-state index contributed by atoms with van der Waals surface area (Å²) in [5.41, 5.74) is 0.612. The second-order valence-electron chi connectivity index (χ2n) is 8.01. The van der Waals surface area contributed by atoms with E-state index in [1.165, 1.54) is 22.5 Å². The molecule has 2 heterocycles. The van der Waals surface area contributed by atoms with Crippen LogP contribution in [0.25, 0.3) is 0 Å². The lowest BCUT2D eigenvalue weighted by Gasteiger charge is -2.34. The zero-order valence-corrected chi connectivity index (χ0v) is 19.3. The van der Waals surface area contributed by atoms with Crippen LogP contribution in [0.2, 0.25) is 0 Å². The molecule has 3 rings (SSSR count). The van der Waals surface area contributed by atoms with E-state index in [0.29, 0.717) is 13.0 Å². The van der Waals surface area contributed by atoms with Crippen LogP contribution < -0.4 is 5.32 Å². The summed E-state index contributed by atoms with van der Waals surface area (Å²) < 4.78 is 37.1. The molecule has 0 radical (unpaired) electrons. The lowest BCUT2D eigenvalue weighted by Crippen LogP contribution is -2.49. The number of benzene rings is 1. The van der Waals surface area contributed by atoms with Gasteiger partial charge in [0.1, 0.15) is 0 Å². The number of hydrogen-bond donors (Lipinski definition) is 1. The van der Waals surface area contributed by atoms with Crippen molar-refractivity contribution in [1.29, 1.82) is 0 Å². The normalized spacial score (nSPS) is 21.7. The van der Waals surface area contributed by atoms with Crippen molar-refractivity contribution in [2.24, 2.45) is 0 Å². The maximum Gasteiger partial charge on any atom is 0.261 e. The van der Waals surface area contributed by atoms with Crippen molar-refractivity contribution in [3.63, 3.8) is 0 Å². The minimum Gasteiger partial charge on any atom is -0.385 e. The van der Waals surface area contributed by atoms with Crippen molar-refractivity contribution < 1.29 is 32.3 Å². The molecule has 3 amide bonds. The fourth-order valence-corrected chi connectivity index (χ4v) is 5.38. The Balaban J connectivity index is 1.59. The first-order chi connectivity index (χ1) is 15.1. The van der Waals surface area contributed by atoms with E-state index in [4.69, 9.17) is 9.47 Å². The first kappa shape index (κ1) is 24.3. The maximum atomic E-state index is 12.6. The van der Waals surface area contributed by atoms with Gasteiger partial charge in [-0.1, -0.05) is 0 Å². The monoisotopic (exact) mass is 467 g/mol. The summed E-state index contributed by atoms with van der Waals surface area (Å²) >= 11 is 0. The van der Waals surface area contributed by atoms with Crippen LogP contribution in [0.5, 0.6) is 0 Å². The van der Waals surface area contributed by atoms with Crippen LogP contribution in [0.3, 0.4) is 0 Å². The van der Waals surface area contributed by atoms with Crippen molar-refractivity contribution in [3.05, 3.63) is 34.9 Å². The molecular weight excluding hydrogens is 438 g/mol. The second-order valence-corrected chi connectivity index (χ2v) is 10.1.